The molecular formula is C19H27N3. The van der Waals surface area contributed by atoms with Gasteiger partial charge in [-0.3, -0.25) is 9.58 Å². The molecule has 0 atom stereocenters. The standard InChI is InChI=1S/C19H27N3/c1-6-10-22-14-19(17(5)20-22)13-21(15(2)3)12-18-9-7-8-16(4)11-18/h6-9,11,14-15H,1,10,12-13H2,2-5H3. The summed E-state index contributed by atoms with van der Waals surface area (Å²) in [6, 6.07) is 9.24. The molecule has 0 bridgehead atoms. The van der Waals surface area contributed by atoms with Crippen molar-refractivity contribution in [2.45, 2.75) is 53.4 Å². The zero-order valence-electron chi connectivity index (χ0n) is 14.2. The minimum absolute atomic E-state index is 0.489. The van der Waals surface area contributed by atoms with Gasteiger partial charge in [0, 0.05) is 30.9 Å². The van der Waals surface area contributed by atoms with Gasteiger partial charge in [0.15, 0.2) is 0 Å². The van der Waals surface area contributed by atoms with Crippen molar-refractivity contribution in [2.24, 2.45) is 0 Å². The molecule has 1 aromatic heterocycles. The highest BCUT2D eigenvalue weighted by atomic mass is 15.3. The quantitative estimate of drug-likeness (QED) is 0.718. The number of aryl methyl sites for hydroxylation is 2. The Labute approximate surface area is 134 Å². The van der Waals surface area contributed by atoms with Crippen LogP contribution in [-0.4, -0.2) is 20.7 Å². The Morgan fingerprint density at radius 1 is 1.27 bits per heavy atom. The second-order valence-corrected chi connectivity index (χ2v) is 6.24. The summed E-state index contributed by atoms with van der Waals surface area (Å²) in [5.41, 5.74) is 5.08. The Morgan fingerprint density at radius 3 is 2.68 bits per heavy atom. The van der Waals surface area contributed by atoms with E-state index in [1.165, 1.54) is 16.7 Å². The summed E-state index contributed by atoms with van der Waals surface area (Å²) in [5.74, 6) is 0. The molecule has 1 heterocycles. The van der Waals surface area contributed by atoms with Crippen molar-refractivity contribution in [3.8, 4) is 0 Å². The first-order valence-corrected chi connectivity index (χ1v) is 7.93. The number of aromatic nitrogens is 2. The van der Waals surface area contributed by atoms with Gasteiger partial charge < -0.3 is 0 Å². The van der Waals surface area contributed by atoms with E-state index in [9.17, 15) is 0 Å². The Kier molecular flexibility index (Phi) is 5.56. The summed E-state index contributed by atoms with van der Waals surface area (Å²) in [5, 5.41) is 4.55. The molecule has 0 aliphatic heterocycles. The van der Waals surface area contributed by atoms with E-state index in [0.717, 1.165) is 25.3 Å². The van der Waals surface area contributed by atoms with E-state index in [2.05, 4.69) is 74.7 Å². The Balaban J connectivity index is 2.13. The lowest BCUT2D eigenvalue weighted by Crippen LogP contribution is -2.30. The second kappa shape index (κ2) is 7.41. The third kappa shape index (κ3) is 4.31. The molecule has 2 rings (SSSR count). The van der Waals surface area contributed by atoms with Crippen molar-refractivity contribution in [3.05, 3.63) is 65.5 Å². The molecular weight excluding hydrogens is 270 g/mol. The Bertz CT molecular complexity index is 625. The lowest BCUT2D eigenvalue weighted by atomic mass is 10.1. The molecule has 2 aromatic rings. The van der Waals surface area contributed by atoms with Crippen molar-refractivity contribution < 1.29 is 0 Å². The fourth-order valence-electron chi connectivity index (χ4n) is 2.62. The predicted octanol–water partition coefficient (Wildman–Crippen LogP) is 4.10. The number of hydrogen-bond donors (Lipinski definition) is 0. The van der Waals surface area contributed by atoms with Crippen LogP contribution in [0.15, 0.2) is 43.1 Å². The maximum Gasteiger partial charge on any atom is 0.0638 e. The van der Waals surface area contributed by atoms with Crippen LogP contribution in [0.5, 0.6) is 0 Å². The maximum absolute atomic E-state index is 4.55. The van der Waals surface area contributed by atoms with Crippen LogP contribution in [0.25, 0.3) is 0 Å². The number of allylic oxidation sites excluding steroid dienone is 1. The van der Waals surface area contributed by atoms with Gasteiger partial charge in [0.05, 0.1) is 12.2 Å². The fourth-order valence-corrected chi connectivity index (χ4v) is 2.62. The Morgan fingerprint density at radius 2 is 2.05 bits per heavy atom. The molecule has 0 N–H and O–H groups in total. The van der Waals surface area contributed by atoms with Crippen LogP contribution in [-0.2, 0) is 19.6 Å². The molecule has 0 saturated heterocycles. The van der Waals surface area contributed by atoms with Crippen molar-refractivity contribution >= 4 is 0 Å². The van der Waals surface area contributed by atoms with Gasteiger partial charge in [0.1, 0.15) is 0 Å². The third-order valence-corrected chi connectivity index (χ3v) is 3.94. The van der Waals surface area contributed by atoms with Crippen molar-refractivity contribution in [1.82, 2.24) is 14.7 Å². The summed E-state index contributed by atoms with van der Waals surface area (Å²) in [7, 11) is 0. The highest BCUT2D eigenvalue weighted by Gasteiger charge is 2.14. The molecule has 3 heteroatoms. The van der Waals surface area contributed by atoms with E-state index in [1.807, 2.05) is 10.8 Å². The normalized spacial score (nSPS) is 11.4. The van der Waals surface area contributed by atoms with Crippen LogP contribution in [0.1, 0.15) is 36.2 Å². The van der Waals surface area contributed by atoms with E-state index < -0.39 is 0 Å². The number of rotatable bonds is 7. The third-order valence-electron chi connectivity index (χ3n) is 3.94. The minimum Gasteiger partial charge on any atom is -0.292 e. The lowest BCUT2D eigenvalue weighted by molar-refractivity contribution is 0.203. The van der Waals surface area contributed by atoms with Gasteiger partial charge in [-0.2, -0.15) is 5.10 Å². The fraction of sp³-hybridized carbons (Fsp3) is 0.421. The molecule has 0 aliphatic rings. The van der Waals surface area contributed by atoms with Crippen LogP contribution in [0, 0.1) is 13.8 Å². The Hall–Kier alpha value is -1.87. The van der Waals surface area contributed by atoms with Crippen molar-refractivity contribution in [3.63, 3.8) is 0 Å². The second-order valence-electron chi connectivity index (χ2n) is 6.24. The van der Waals surface area contributed by atoms with Crippen molar-refractivity contribution in [1.29, 1.82) is 0 Å². The topological polar surface area (TPSA) is 21.1 Å². The van der Waals surface area contributed by atoms with Gasteiger partial charge in [0.2, 0.25) is 0 Å². The molecule has 0 unspecified atom stereocenters. The largest absolute Gasteiger partial charge is 0.292 e. The number of hydrogen-bond acceptors (Lipinski definition) is 2. The average Bonchev–Trinajstić information content (AvgIpc) is 2.78. The van der Waals surface area contributed by atoms with Crippen LogP contribution in [0.2, 0.25) is 0 Å². The summed E-state index contributed by atoms with van der Waals surface area (Å²) < 4.78 is 1.96. The molecule has 22 heavy (non-hydrogen) atoms. The van der Waals surface area contributed by atoms with E-state index in [1.54, 1.807) is 0 Å². The summed E-state index contributed by atoms with van der Waals surface area (Å²) in [6.07, 6.45) is 4.02. The van der Waals surface area contributed by atoms with Gasteiger partial charge in [-0.05, 0) is 33.3 Å². The smallest absolute Gasteiger partial charge is 0.0638 e. The first-order chi connectivity index (χ1) is 10.5. The van der Waals surface area contributed by atoms with Gasteiger partial charge in [-0.1, -0.05) is 35.9 Å². The molecule has 3 nitrogen and oxygen atoms in total. The van der Waals surface area contributed by atoms with Crippen LogP contribution < -0.4 is 0 Å². The number of benzene rings is 1. The summed E-state index contributed by atoms with van der Waals surface area (Å²) in [6.45, 7) is 15.2. The van der Waals surface area contributed by atoms with Crippen molar-refractivity contribution in [2.75, 3.05) is 0 Å². The van der Waals surface area contributed by atoms with Crippen LogP contribution in [0.4, 0.5) is 0 Å². The molecule has 0 fully saturated rings. The summed E-state index contributed by atoms with van der Waals surface area (Å²) >= 11 is 0. The molecule has 1 aromatic carbocycles. The van der Waals surface area contributed by atoms with E-state index in [0.29, 0.717) is 6.04 Å². The van der Waals surface area contributed by atoms with Gasteiger partial charge in [-0.15, -0.1) is 6.58 Å². The zero-order valence-corrected chi connectivity index (χ0v) is 14.2. The minimum atomic E-state index is 0.489. The zero-order chi connectivity index (χ0) is 16.1. The van der Waals surface area contributed by atoms with E-state index in [-0.39, 0.29) is 0 Å². The monoisotopic (exact) mass is 297 g/mol. The van der Waals surface area contributed by atoms with Crippen LogP contribution >= 0.6 is 0 Å². The molecule has 0 aliphatic carbocycles. The van der Waals surface area contributed by atoms with E-state index in [4.69, 9.17) is 0 Å². The number of nitrogens with zero attached hydrogens (tertiary/aromatic N) is 3. The van der Waals surface area contributed by atoms with Crippen LogP contribution in [0.3, 0.4) is 0 Å². The highest BCUT2D eigenvalue weighted by Crippen LogP contribution is 2.16. The van der Waals surface area contributed by atoms with Gasteiger partial charge in [0.25, 0.3) is 0 Å². The first-order valence-electron chi connectivity index (χ1n) is 7.93. The average molecular weight is 297 g/mol. The molecule has 118 valence electrons. The first kappa shape index (κ1) is 16.5. The van der Waals surface area contributed by atoms with Gasteiger partial charge >= 0.3 is 0 Å². The molecule has 0 saturated carbocycles. The van der Waals surface area contributed by atoms with Gasteiger partial charge in [-0.25, -0.2) is 0 Å². The predicted molar refractivity (Wildman–Crippen MR) is 92.7 cm³/mol. The SMILES string of the molecule is C=CCn1cc(CN(Cc2cccc(C)c2)C(C)C)c(C)n1. The molecule has 0 amide bonds. The molecule has 0 radical (unpaired) electrons. The van der Waals surface area contributed by atoms with E-state index >= 15 is 0 Å². The lowest BCUT2D eigenvalue weighted by Gasteiger charge is -2.26. The molecule has 0 spiro atoms. The summed E-state index contributed by atoms with van der Waals surface area (Å²) in [4.78, 5) is 2.48. The maximum atomic E-state index is 4.55. The highest BCUT2D eigenvalue weighted by molar-refractivity contribution is 5.22.